The SMILES string of the molecule is CNC(=O)c1ccsc1NC(=O)C1CCN(S(=O)(=O)c2ccccc2SC)CC1. The van der Waals surface area contributed by atoms with Crippen LogP contribution in [0.5, 0.6) is 0 Å². The highest BCUT2D eigenvalue weighted by atomic mass is 32.2. The summed E-state index contributed by atoms with van der Waals surface area (Å²) in [5.74, 6) is -0.731. The number of piperidine rings is 1. The molecule has 0 radical (unpaired) electrons. The minimum absolute atomic E-state index is 0.181. The Morgan fingerprint density at radius 3 is 2.52 bits per heavy atom. The Bertz CT molecular complexity index is 996. The summed E-state index contributed by atoms with van der Waals surface area (Å²) in [6.45, 7) is 0.575. The first-order chi connectivity index (χ1) is 13.9. The molecule has 1 aliphatic heterocycles. The molecule has 1 aliphatic rings. The van der Waals surface area contributed by atoms with Crippen LogP contribution < -0.4 is 10.6 Å². The van der Waals surface area contributed by atoms with E-state index >= 15 is 0 Å². The van der Waals surface area contributed by atoms with Gasteiger partial charge in [0.2, 0.25) is 15.9 Å². The number of sulfonamides is 1. The molecular weight excluding hydrogens is 430 g/mol. The maximum Gasteiger partial charge on any atom is 0.254 e. The molecule has 1 fully saturated rings. The predicted molar refractivity (Wildman–Crippen MR) is 116 cm³/mol. The first-order valence-electron chi connectivity index (χ1n) is 9.12. The topological polar surface area (TPSA) is 95.6 Å². The van der Waals surface area contributed by atoms with Crippen molar-refractivity contribution in [1.82, 2.24) is 9.62 Å². The molecule has 156 valence electrons. The first-order valence-corrected chi connectivity index (χ1v) is 12.7. The summed E-state index contributed by atoms with van der Waals surface area (Å²) in [4.78, 5) is 25.5. The van der Waals surface area contributed by atoms with Crippen molar-refractivity contribution in [2.24, 2.45) is 5.92 Å². The number of carbonyl (C=O) groups is 2. The van der Waals surface area contributed by atoms with Crippen LogP contribution in [-0.2, 0) is 14.8 Å². The van der Waals surface area contributed by atoms with Crippen molar-refractivity contribution in [1.29, 1.82) is 0 Å². The summed E-state index contributed by atoms with van der Waals surface area (Å²) in [7, 11) is -2.06. The van der Waals surface area contributed by atoms with Crippen molar-refractivity contribution in [3.63, 3.8) is 0 Å². The minimum atomic E-state index is -3.60. The van der Waals surface area contributed by atoms with Crippen LogP contribution >= 0.6 is 23.1 Å². The first kappa shape index (κ1) is 21.8. The van der Waals surface area contributed by atoms with Crippen molar-refractivity contribution in [3.8, 4) is 0 Å². The zero-order chi connectivity index (χ0) is 21.0. The van der Waals surface area contributed by atoms with E-state index in [0.29, 0.717) is 33.2 Å². The van der Waals surface area contributed by atoms with Gasteiger partial charge in [-0.15, -0.1) is 23.1 Å². The van der Waals surface area contributed by atoms with Gasteiger partial charge in [0.15, 0.2) is 0 Å². The van der Waals surface area contributed by atoms with Crippen LogP contribution in [0.25, 0.3) is 0 Å². The molecule has 7 nitrogen and oxygen atoms in total. The molecule has 0 atom stereocenters. The summed E-state index contributed by atoms with van der Waals surface area (Å²) in [6, 6.07) is 8.62. The van der Waals surface area contributed by atoms with Gasteiger partial charge in [-0.2, -0.15) is 4.31 Å². The lowest BCUT2D eigenvalue weighted by Crippen LogP contribution is -2.41. The zero-order valence-corrected chi connectivity index (χ0v) is 18.6. The lowest BCUT2D eigenvalue weighted by molar-refractivity contribution is -0.120. The van der Waals surface area contributed by atoms with Crippen LogP contribution in [0.3, 0.4) is 0 Å². The van der Waals surface area contributed by atoms with Crippen LogP contribution in [0.15, 0.2) is 45.5 Å². The fraction of sp³-hybridized carbons (Fsp3) is 0.368. The highest BCUT2D eigenvalue weighted by Crippen LogP contribution is 2.31. The van der Waals surface area contributed by atoms with Gasteiger partial charge in [-0.3, -0.25) is 9.59 Å². The van der Waals surface area contributed by atoms with Gasteiger partial charge in [0, 0.05) is 31.0 Å². The average molecular weight is 454 g/mol. The molecule has 2 aromatic rings. The lowest BCUT2D eigenvalue weighted by Gasteiger charge is -2.31. The molecule has 10 heteroatoms. The summed E-state index contributed by atoms with van der Waals surface area (Å²) >= 11 is 2.69. The third-order valence-electron chi connectivity index (χ3n) is 4.89. The van der Waals surface area contributed by atoms with E-state index in [-0.39, 0.29) is 30.8 Å². The highest BCUT2D eigenvalue weighted by Gasteiger charge is 2.33. The molecule has 1 aromatic heterocycles. The van der Waals surface area contributed by atoms with E-state index in [1.165, 1.54) is 34.5 Å². The monoisotopic (exact) mass is 453 g/mol. The Kier molecular flexibility index (Phi) is 6.99. The number of nitrogens with one attached hydrogen (secondary N) is 2. The second-order valence-corrected chi connectivity index (χ2v) is 10.2. The molecule has 2 N–H and O–H groups in total. The quantitative estimate of drug-likeness (QED) is 0.656. The fourth-order valence-corrected chi connectivity index (χ4v) is 6.64. The van der Waals surface area contributed by atoms with Crippen molar-refractivity contribution in [2.45, 2.75) is 22.6 Å². The van der Waals surface area contributed by atoms with Crippen molar-refractivity contribution in [3.05, 3.63) is 41.3 Å². The van der Waals surface area contributed by atoms with Gasteiger partial charge in [0.25, 0.3) is 5.91 Å². The lowest BCUT2D eigenvalue weighted by atomic mass is 9.97. The van der Waals surface area contributed by atoms with Gasteiger partial charge in [0.1, 0.15) is 5.00 Å². The molecule has 0 spiro atoms. The Morgan fingerprint density at radius 1 is 1.17 bits per heavy atom. The van der Waals surface area contributed by atoms with Gasteiger partial charge < -0.3 is 10.6 Å². The Balaban J connectivity index is 1.65. The van der Waals surface area contributed by atoms with Crippen LogP contribution in [0.4, 0.5) is 5.00 Å². The number of thioether (sulfide) groups is 1. The van der Waals surface area contributed by atoms with Crippen LogP contribution in [0.1, 0.15) is 23.2 Å². The Hall–Kier alpha value is -1.88. The van der Waals surface area contributed by atoms with Crippen molar-refractivity contribution < 1.29 is 18.0 Å². The third kappa shape index (κ3) is 4.66. The van der Waals surface area contributed by atoms with E-state index in [2.05, 4.69) is 10.6 Å². The molecule has 29 heavy (non-hydrogen) atoms. The van der Waals surface area contributed by atoms with Gasteiger partial charge in [-0.1, -0.05) is 12.1 Å². The van der Waals surface area contributed by atoms with Gasteiger partial charge in [-0.25, -0.2) is 8.42 Å². The number of rotatable bonds is 6. The molecule has 3 rings (SSSR count). The molecule has 2 heterocycles. The zero-order valence-electron chi connectivity index (χ0n) is 16.2. The molecular formula is C19H23N3O4S3. The molecule has 2 amide bonds. The van der Waals surface area contributed by atoms with Crippen molar-refractivity contribution in [2.75, 3.05) is 31.7 Å². The average Bonchev–Trinajstić information content (AvgIpc) is 3.21. The number of hydrogen-bond acceptors (Lipinski definition) is 6. The van der Waals surface area contributed by atoms with Gasteiger partial charge >= 0.3 is 0 Å². The molecule has 0 bridgehead atoms. The number of anilines is 1. The highest BCUT2D eigenvalue weighted by molar-refractivity contribution is 7.99. The van der Waals surface area contributed by atoms with E-state index in [1.807, 2.05) is 12.3 Å². The number of nitrogens with zero attached hydrogens (tertiary/aromatic N) is 1. The van der Waals surface area contributed by atoms with Crippen LogP contribution in [0.2, 0.25) is 0 Å². The number of amides is 2. The number of carbonyl (C=O) groups excluding carboxylic acids is 2. The molecule has 0 saturated carbocycles. The number of hydrogen-bond donors (Lipinski definition) is 2. The van der Waals surface area contributed by atoms with Crippen LogP contribution in [0, 0.1) is 5.92 Å². The van der Waals surface area contributed by atoms with E-state index in [4.69, 9.17) is 0 Å². The number of benzene rings is 1. The van der Waals surface area contributed by atoms with E-state index in [1.54, 1.807) is 29.6 Å². The normalized spacial score (nSPS) is 15.8. The van der Waals surface area contributed by atoms with Crippen LogP contribution in [-0.4, -0.2) is 50.9 Å². The summed E-state index contributed by atoms with van der Waals surface area (Å²) < 4.78 is 27.5. The summed E-state index contributed by atoms with van der Waals surface area (Å²) in [5.41, 5.74) is 0.430. The van der Waals surface area contributed by atoms with E-state index < -0.39 is 10.0 Å². The number of thiophene rings is 1. The Labute approximate surface area is 178 Å². The Morgan fingerprint density at radius 2 is 1.86 bits per heavy atom. The maximum absolute atomic E-state index is 13.0. The summed E-state index contributed by atoms with van der Waals surface area (Å²) in [5, 5.41) is 7.64. The largest absolute Gasteiger partial charge is 0.355 e. The second kappa shape index (κ2) is 9.29. The van der Waals surface area contributed by atoms with Crippen molar-refractivity contribution >= 4 is 49.9 Å². The standard InChI is InChI=1S/C19H23N3O4S3/c1-20-18(24)14-9-12-28-19(14)21-17(23)13-7-10-22(11-8-13)29(25,26)16-6-4-3-5-15(16)27-2/h3-6,9,12-13H,7-8,10-11H2,1-2H3,(H,20,24)(H,21,23). The smallest absolute Gasteiger partial charge is 0.254 e. The third-order valence-corrected chi connectivity index (χ3v) is 8.60. The van der Waals surface area contributed by atoms with Gasteiger partial charge in [0.05, 0.1) is 10.5 Å². The predicted octanol–water partition coefficient (Wildman–Crippen LogP) is 2.87. The molecule has 1 saturated heterocycles. The van der Waals surface area contributed by atoms with E-state index in [0.717, 1.165) is 0 Å². The summed E-state index contributed by atoms with van der Waals surface area (Å²) in [6.07, 6.45) is 2.73. The van der Waals surface area contributed by atoms with E-state index in [9.17, 15) is 18.0 Å². The molecule has 1 aromatic carbocycles. The second-order valence-electron chi connectivity index (χ2n) is 6.56. The minimum Gasteiger partial charge on any atom is -0.355 e. The van der Waals surface area contributed by atoms with Gasteiger partial charge in [-0.05, 0) is 42.7 Å². The molecule has 0 aliphatic carbocycles. The maximum atomic E-state index is 13.0. The molecule has 0 unspecified atom stereocenters. The fourth-order valence-electron chi connectivity index (χ4n) is 3.26.